The molecular formula is C18H19ClN2O3. The minimum absolute atomic E-state index is 0.281. The highest BCUT2D eigenvalue weighted by molar-refractivity contribution is 6.30. The van der Waals surface area contributed by atoms with E-state index >= 15 is 0 Å². The lowest BCUT2D eigenvalue weighted by Crippen LogP contribution is -2.47. The zero-order chi connectivity index (χ0) is 17.5. The minimum atomic E-state index is -0.833. The Morgan fingerprint density at radius 3 is 2.29 bits per heavy atom. The molecule has 0 aliphatic rings. The highest BCUT2D eigenvalue weighted by Crippen LogP contribution is 2.17. The van der Waals surface area contributed by atoms with Crippen LogP contribution >= 0.6 is 11.6 Å². The SMILES string of the molecule is CO[C@@H](C(=O)N[C@@H](Cc1ccc(Cl)cc1)C(N)=O)c1ccccc1. The number of hydrogen-bond donors (Lipinski definition) is 2. The molecule has 0 aromatic heterocycles. The summed E-state index contributed by atoms with van der Waals surface area (Å²) in [6, 6.07) is 15.2. The summed E-state index contributed by atoms with van der Waals surface area (Å²) in [4.78, 5) is 24.2. The van der Waals surface area contributed by atoms with Crippen LogP contribution in [-0.2, 0) is 20.7 Å². The second-order valence-corrected chi connectivity index (χ2v) is 5.76. The zero-order valence-corrected chi connectivity index (χ0v) is 14.0. The second kappa shape index (κ2) is 8.47. The number of carbonyl (C=O) groups excluding carboxylic acids is 2. The van der Waals surface area contributed by atoms with Crippen LogP contribution in [0.1, 0.15) is 17.2 Å². The Hall–Kier alpha value is -2.37. The normalized spacial score (nSPS) is 13.1. The van der Waals surface area contributed by atoms with Crippen LogP contribution in [0.15, 0.2) is 54.6 Å². The van der Waals surface area contributed by atoms with E-state index in [1.54, 1.807) is 36.4 Å². The molecule has 0 heterocycles. The average Bonchev–Trinajstić information content (AvgIpc) is 2.57. The van der Waals surface area contributed by atoms with Crippen LogP contribution in [0.4, 0.5) is 0 Å². The van der Waals surface area contributed by atoms with Gasteiger partial charge in [-0.1, -0.05) is 54.1 Å². The van der Waals surface area contributed by atoms with Crippen LogP contribution in [0.3, 0.4) is 0 Å². The number of benzene rings is 2. The lowest BCUT2D eigenvalue weighted by atomic mass is 10.0. The summed E-state index contributed by atoms with van der Waals surface area (Å²) >= 11 is 5.85. The Morgan fingerprint density at radius 1 is 1.12 bits per heavy atom. The lowest BCUT2D eigenvalue weighted by Gasteiger charge is -2.20. The van der Waals surface area contributed by atoms with Gasteiger partial charge in [-0.15, -0.1) is 0 Å². The molecule has 0 aliphatic heterocycles. The highest BCUT2D eigenvalue weighted by Gasteiger charge is 2.25. The smallest absolute Gasteiger partial charge is 0.254 e. The van der Waals surface area contributed by atoms with Crippen molar-refractivity contribution in [3.63, 3.8) is 0 Å². The van der Waals surface area contributed by atoms with Crippen molar-refractivity contribution in [2.75, 3.05) is 7.11 Å². The van der Waals surface area contributed by atoms with E-state index in [2.05, 4.69) is 5.32 Å². The number of halogens is 1. The lowest BCUT2D eigenvalue weighted by molar-refractivity contribution is -0.134. The van der Waals surface area contributed by atoms with Gasteiger partial charge in [0.05, 0.1) is 0 Å². The van der Waals surface area contributed by atoms with Gasteiger partial charge in [0.2, 0.25) is 5.91 Å². The van der Waals surface area contributed by atoms with E-state index in [1.165, 1.54) is 7.11 Å². The van der Waals surface area contributed by atoms with Crippen molar-refractivity contribution >= 4 is 23.4 Å². The Kier molecular flexibility index (Phi) is 6.35. The van der Waals surface area contributed by atoms with Crippen molar-refractivity contribution in [3.05, 3.63) is 70.7 Å². The van der Waals surface area contributed by atoms with Gasteiger partial charge in [0.1, 0.15) is 6.04 Å². The quantitative estimate of drug-likeness (QED) is 0.806. The number of nitrogens with one attached hydrogen (secondary N) is 1. The Labute approximate surface area is 145 Å². The molecule has 2 aromatic carbocycles. The third-order valence-corrected chi connectivity index (χ3v) is 3.84. The molecular weight excluding hydrogens is 328 g/mol. The average molecular weight is 347 g/mol. The Bertz CT molecular complexity index is 689. The molecule has 2 aromatic rings. The molecule has 24 heavy (non-hydrogen) atoms. The Morgan fingerprint density at radius 2 is 1.75 bits per heavy atom. The van der Waals surface area contributed by atoms with Gasteiger partial charge in [0, 0.05) is 18.6 Å². The number of ether oxygens (including phenoxy) is 1. The standard InChI is InChI=1S/C18H19ClN2O3/c1-24-16(13-5-3-2-4-6-13)18(23)21-15(17(20)22)11-12-7-9-14(19)10-8-12/h2-10,15-16H,11H2,1H3,(H2,20,22)(H,21,23)/t15-,16+/m0/s1. The summed E-state index contributed by atoms with van der Waals surface area (Å²) in [5.41, 5.74) is 6.97. The number of rotatable bonds is 7. The summed E-state index contributed by atoms with van der Waals surface area (Å²) in [6.45, 7) is 0. The van der Waals surface area contributed by atoms with E-state index in [4.69, 9.17) is 22.1 Å². The maximum absolute atomic E-state index is 12.5. The maximum Gasteiger partial charge on any atom is 0.254 e. The fourth-order valence-corrected chi connectivity index (χ4v) is 2.47. The number of primary amides is 1. The van der Waals surface area contributed by atoms with Gasteiger partial charge in [-0.25, -0.2) is 0 Å². The van der Waals surface area contributed by atoms with E-state index in [0.717, 1.165) is 5.56 Å². The molecule has 6 heteroatoms. The summed E-state index contributed by atoms with van der Waals surface area (Å²) in [7, 11) is 1.44. The van der Waals surface area contributed by atoms with Crippen molar-refractivity contribution in [1.82, 2.24) is 5.32 Å². The number of nitrogens with two attached hydrogens (primary N) is 1. The van der Waals surface area contributed by atoms with Gasteiger partial charge < -0.3 is 15.8 Å². The van der Waals surface area contributed by atoms with E-state index in [-0.39, 0.29) is 6.42 Å². The van der Waals surface area contributed by atoms with Gasteiger partial charge in [-0.05, 0) is 23.3 Å². The summed E-state index contributed by atoms with van der Waals surface area (Å²) in [5.74, 6) is -1.03. The molecule has 0 fully saturated rings. The number of methoxy groups -OCH3 is 1. The minimum Gasteiger partial charge on any atom is -0.368 e. The fraction of sp³-hybridized carbons (Fsp3) is 0.222. The molecule has 3 N–H and O–H groups in total. The second-order valence-electron chi connectivity index (χ2n) is 5.32. The summed E-state index contributed by atoms with van der Waals surface area (Å²) in [5, 5.41) is 3.26. The first-order valence-electron chi connectivity index (χ1n) is 7.43. The zero-order valence-electron chi connectivity index (χ0n) is 13.2. The number of carbonyl (C=O) groups is 2. The van der Waals surface area contributed by atoms with E-state index in [1.807, 2.05) is 18.2 Å². The third-order valence-electron chi connectivity index (χ3n) is 3.59. The maximum atomic E-state index is 12.5. The largest absolute Gasteiger partial charge is 0.368 e. The monoisotopic (exact) mass is 346 g/mol. The predicted octanol–water partition coefficient (Wildman–Crippen LogP) is 2.24. The van der Waals surface area contributed by atoms with Crippen LogP contribution in [0.5, 0.6) is 0 Å². The van der Waals surface area contributed by atoms with Crippen LogP contribution in [0.25, 0.3) is 0 Å². The predicted molar refractivity (Wildman–Crippen MR) is 92.5 cm³/mol. The molecule has 5 nitrogen and oxygen atoms in total. The number of hydrogen-bond acceptors (Lipinski definition) is 3. The third kappa shape index (κ3) is 4.81. The highest BCUT2D eigenvalue weighted by atomic mass is 35.5. The van der Waals surface area contributed by atoms with Gasteiger partial charge in [0.15, 0.2) is 6.10 Å². The molecule has 2 rings (SSSR count). The van der Waals surface area contributed by atoms with Crippen molar-refractivity contribution in [3.8, 4) is 0 Å². The molecule has 2 atom stereocenters. The summed E-state index contributed by atoms with van der Waals surface area (Å²) < 4.78 is 5.26. The fourth-order valence-electron chi connectivity index (χ4n) is 2.35. The first kappa shape index (κ1) is 18.0. The molecule has 0 radical (unpaired) electrons. The van der Waals surface area contributed by atoms with Gasteiger partial charge >= 0.3 is 0 Å². The van der Waals surface area contributed by atoms with Gasteiger partial charge in [-0.3, -0.25) is 9.59 Å². The van der Waals surface area contributed by atoms with Crippen LogP contribution in [0.2, 0.25) is 5.02 Å². The number of amides is 2. The molecule has 2 amide bonds. The van der Waals surface area contributed by atoms with Crippen LogP contribution < -0.4 is 11.1 Å². The van der Waals surface area contributed by atoms with Crippen LogP contribution in [-0.4, -0.2) is 25.0 Å². The van der Waals surface area contributed by atoms with E-state index < -0.39 is 24.0 Å². The summed E-state index contributed by atoms with van der Waals surface area (Å²) in [6.07, 6.45) is -0.526. The van der Waals surface area contributed by atoms with E-state index in [0.29, 0.717) is 10.6 Å². The topological polar surface area (TPSA) is 81.4 Å². The molecule has 0 saturated heterocycles. The van der Waals surface area contributed by atoms with Gasteiger partial charge in [-0.2, -0.15) is 0 Å². The molecule has 0 bridgehead atoms. The first-order valence-corrected chi connectivity index (χ1v) is 7.81. The van der Waals surface area contributed by atoms with Crippen LogP contribution in [0, 0.1) is 0 Å². The molecule has 0 unspecified atom stereocenters. The van der Waals surface area contributed by atoms with Crippen molar-refractivity contribution in [2.24, 2.45) is 5.73 Å². The van der Waals surface area contributed by atoms with Crippen molar-refractivity contribution < 1.29 is 14.3 Å². The van der Waals surface area contributed by atoms with Crippen molar-refractivity contribution in [1.29, 1.82) is 0 Å². The Balaban J connectivity index is 2.10. The first-order chi connectivity index (χ1) is 11.5. The molecule has 0 spiro atoms. The van der Waals surface area contributed by atoms with E-state index in [9.17, 15) is 9.59 Å². The molecule has 0 aliphatic carbocycles. The van der Waals surface area contributed by atoms with Gasteiger partial charge in [0.25, 0.3) is 5.91 Å². The molecule has 126 valence electrons. The molecule has 0 saturated carbocycles. The van der Waals surface area contributed by atoms with Crippen molar-refractivity contribution in [2.45, 2.75) is 18.6 Å².